The molecular weight excluding hydrogens is 232 g/mol. The third kappa shape index (κ3) is 2.33. The summed E-state index contributed by atoms with van der Waals surface area (Å²) in [6, 6.07) is 3.32. The number of hydrogen-bond acceptors (Lipinski definition) is 5. The van der Waals surface area contributed by atoms with Crippen molar-refractivity contribution in [2.24, 2.45) is 5.73 Å². The van der Waals surface area contributed by atoms with E-state index in [2.05, 4.69) is 10.3 Å². The second kappa shape index (κ2) is 5.14. The number of carbonyl (C=O) groups is 2. The number of carbonyl (C=O) groups excluding carboxylic acids is 2. The normalized spacial score (nSPS) is 19.9. The topological polar surface area (TPSA) is 88.3 Å². The fraction of sp³-hybridized carbons (Fsp3) is 0.417. The highest BCUT2D eigenvalue weighted by Crippen LogP contribution is 2.20. The summed E-state index contributed by atoms with van der Waals surface area (Å²) in [5, 5.41) is 2.34. The Bertz CT molecular complexity index is 458. The molecule has 96 valence electrons. The minimum atomic E-state index is -0.326. The minimum absolute atomic E-state index is 0.175. The number of nitrogens with one attached hydrogen (secondary N) is 1. The Labute approximate surface area is 105 Å². The van der Waals surface area contributed by atoms with Crippen LogP contribution in [-0.2, 0) is 16.1 Å². The first kappa shape index (κ1) is 12.5. The van der Waals surface area contributed by atoms with Gasteiger partial charge < -0.3 is 10.6 Å². The SMILES string of the molecule is CCC1C(=O)NC(=O)CN1c1ccc(CN)nc1. The lowest BCUT2D eigenvalue weighted by molar-refractivity contribution is -0.132. The zero-order chi connectivity index (χ0) is 13.1. The van der Waals surface area contributed by atoms with Crippen LogP contribution in [0.25, 0.3) is 0 Å². The number of anilines is 1. The van der Waals surface area contributed by atoms with Gasteiger partial charge in [0.15, 0.2) is 0 Å². The Hall–Kier alpha value is -1.95. The molecule has 0 spiro atoms. The number of nitrogens with two attached hydrogens (primary N) is 1. The highest BCUT2D eigenvalue weighted by atomic mass is 16.2. The molecule has 2 rings (SSSR count). The average Bonchev–Trinajstić information content (AvgIpc) is 2.38. The number of pyridine rings is 1. The van der Waals surface area contributed by atoms with Gasteiger partial charge in [0.1, 0.15) is 6.04 Å². The fourth-order valence-corrected chi connectivity index (χ4v) is 2.05. The second-order valence-corrected chi connectivity index (χ2v) is 4.18. The molecule has 1 saturated heterocycles. The first-order valence-corrected chi connectivity index (χ1v) is 5.91. The van der Waals surface area contributed by atoms with Crippen molar-refractivity contribution < 1.29 is 9.59 Å². The van der Waals surface area contributed by atoms with Crippen LogP contribution in [0.1, 0.15) is 19.0 Å². The van der Waals surface area contributed by atoms with E-state index in [1.54, 1.807) is 17.2 Å². The number of aromatic nitrogens is 1. The molecule has 3 N–H and O–H groups in total. The van der Waals surface area contributed by atoms with E-state index in [0.29, 0.717) is 13.0 Å². The summed E-state index contributed by atoms with van der Waals surface area (Å²) < 4.78 is 0. The van der Waals surface area contributed by atoms with Crippen molar-refractivity contribution in [3.8, 4) is 0 Å². The molecule has 6 nitrogen and oxygen atoms in total. The highest BCUT2D eigenvalue weighted by molar-refractivity contribution is 6.04. The molecule has 1 fully saturated rings. The smallest absolute Gasteiger partial charge is 0.249 e. The zero-order valence-electron chi connectivity index (χ0n) is 10.2. The van der Waals surface area contributed by atoms with Crippen LogP contribution in [0.3, 0.4) is 0 Å². The first-order valence-electron chi connectivity index (χ1n) is 5.91. The van der Waals surface area contributed by atoms with Crippen molar-refractivity contribution in [3.05, 3.63) is 24.0 Å². The van der Waals surface area contributed by atoms with Gasteiger partial charge in [-0.05, 0) is 18.6 Å². The maximum absolute atomic E-state index is 11.7. The van der Waals surface area contributed by atoms with Crippen LogP contribution in [0.15, 0.2) is 18.3 Å². The third-order valence-corrected chi connectivity index (χ3v) is 2.99. The van der Waals surface area contributed by atoms with E-state index in [1.807, 2.05) is 13.0 Å². The largest absolute Gasteiger partial charge is 0.349 e. The number of piperazine rings is 1. The van der Waals surface area contributed by atoms with Gasteiger partial charge in [-0.15, -0.1) is 0 Å². The van der Waals surface area contributed by atoms with Crippen molar-refractivity contribution in [2.75, 3.05) is 11.4 Å². The zero-order valence-corrected chi connectivity index (χ0v) is 10.2. The molecule has 0 bridgehead atoms. The van der Waals surface area contributed by atoms with Gasteiger partial charge in [0.2, 0.25) is 11.8 Å². The molecule has 0 saturated carbocycles. The second-order valence-electron chi connectivity index (χ2n) is 4.18. The molecule has 1 aliphatic heterocycles. The highest BCUT2D eigenvalue weighted by Gasteiger charge is 2.32. The Morgan fingerprint density at radius 1 is 1.50 bits per heavy atom. The van der Waals surface area contributed by atoms with Crippen LogP contribution in [-0.4, -0.2) is 29.4 Å². The summed E-state index contributed by atoms with van der Waals surface area (Å²) in [4.78, 5) is 29.1. The van der Waals surface area contributed by atoms with Gasteiger partial charge in [-0.25, -0.2) is 0 Å². The van der Waals surface area contributed by atoms with Crippen molar-refractivity contribution in [2.45, 2.75) is 25.9 Å². The summed E-state index contributed by atoms with van der Waals surface area (Å²) in [6.45, 7) is 2.46. The van der Waals surface area contributed by atoms with Gasteiger partial charge in [-0.3, -0.25) is 19.9 Å². The van der Waals surface area contributed by atoms with Crippen LogP contribution in [0.2, 0.25) is 0 Å². The van der Waals surface area contributed by atoms with E-state index in [4.69, 9.17) is 5.73 Å². The van der Waals surface area contributed by atoms with Crippen LogP contribution in [0.5, 0.6) is 0 Å². The molecule has 2 amide bonds. The predicted octanol–water partition coefficient (Wildman–Crippen LogP) is -0.218. The first-order chi connectivity index (χ1) is 8.65. The average molecular weight is 248 g/mol. The Morgan fingerprint density at radius 3 is 2.83 bits per heavy atom. The van der Waals surface area contributed by atoms with Crippen LogP contribution in [0, 0.1) is 0 Å². The van der Waals surface area contributed by atoms with Gasteiger partial charge in [0, 0.05) is 6.54 Å². The summed E-state index contributed by atoms with van der Waals surface area (Å²) in [7, 11) is 0. The Kier molecular flexibility index (Phi) is 3.57. The minimum Gasteiger partial charge on any atom is -0.349 e. The van der Waals surface area contributed by atoms with Gasteiger partial charge >= 0.3 is 0 Å². The number of hydrogen-bond donors (Lipinski definition) is 2. The lowest BCUT2D eigenvalue weighted by Gasteiger charge is -2.34. The van der Waals surface area contributed by atoms with Crippen molar-refractivity contribution >= 4 is 17.5 Å². The standard InChI is InChI=1S/C12H16N4O2/c1-2-10-12(18)15-11(17)7-16(10)9-4-3-8(5-13)14-6-9/h3-4,6,10H,2,5,7,13H2,1H3,(H,15,17,18). The van der Waals surface area contributed by atoms with Crippen molar-refractivity contribution in [1.29, 1.82) is 0 Å². The molecule has 1 unspecified atom stereocenters. The molecule has 6 heteroatoms. The number of nitrogens with zero attached hydrogens (tertiary/aromatic N) is 2. The Morgan fingerprint density at radius 2 is 2.28 bits per heavy atom. The van der Waals surface area contributed by atoms with Gasteiger partial charge in [-0.2, -0.15) is 0 Å². The molecule has 0 radical (unpaired) electrons. The molecule has 1 atom stereocenters. The van der Waals surface area contributed by atoms with Crippen LogP contribution < -0.4 is 16.0 Å². The summed E-state index contributed by atoms with van der Waals surface area (Å²) in [5.74, 6) is -0.538. The third-order valence-electron chi connectivity index (χ3n) is 2.99. The molecular formula is C12H16N4O2. The maximum Gasteiger partial charge on any atom is 0.249 e. The monoisotopic (exact) mass is 248 g/mol. The van der Waals surface area contributed by atoms with Gasteiger partial charge in [-0.1, -0.05) is 6.92 Å². The van der Waals surface area contributed by atoms with E-state index in [9.17, 15) is 9.59 Å². The van der Waals surface area contributed by atoms with E-state index < -0.39 is 0 Å². The molecule has 18 heavy (non-hydrogen) atoms. The number of amides is 2. The van der Waals surface area contributed by atoms with E-state index in [-0.39, 0.29) is 24.4 Å². The summed E-state index contributed by atoms with van der Waals surface area (Å²) >= 11 is 0. The van der Waals surface area contributed by atoms with E-state index in [1.165, 1.54) is 0 Å². The van der Waals surface area contributed by atoms with E-state index in [0.717, 1.165) is 11.4 Å². The van der Waals surface area contributed by atoms with E-state index >= 15 is 0 Å². The van der Waals surface area contributed by atoms with Crippen LogP contribution >= 0.6 is 0 Å². The van der Waals surface area contributed by atoms with Gasteiger partial charge in [0.25, 0.3) is 0 Å². The summed E-state index contributed by atoms with van der Waals surface area (Å²) in [5.41, 5.74) is 7.02. The number of rotatable bonds is 3. The molecule has 0 aromatic carbocycles. The maximum atomic E-state index is 11.7. The molecule has 2 heterocycles. The van der Waals surface area contributed by atoms with Gasteiger partial charge in [0.05, 0.1) is 24.1 Å². The Balaban J connectivity index is 2.27. The quantitative estimate of drug-likeness (QED) is 0.722. The molecule has 1 aromatic heterocycles. The molecule has 1 aromatic rings. The number of imide groups is 1. The molecule has 0 aliphatic carbocycles. The van der Waals surface area contributed by atoms with Crippen molar-refractivity contribution in [3.63, 3.8) is 0 Å². The fourth-order valence-electron chi connectivity index (χ4n) is 2.05. The van der Waals surface area contributed by atoms with Crippen molar-refractivity contribution in [1.82, 2.24) is 10.3 Å². The van der Waals surface area contributed by atoms with Crippen LogP contribution in [0.4, 0.5) is 5.69 Å². The summed E-state index contributed by atoms with van der Waals surface area (Å²) in [6.07, 6.45) is 2.29. The predicted molar refractivity (Wildman–Crippen MR) is 66.7 cm³/mol. The lowest BCUT2D eigenvalue weighted by atomic mass is 10.1. The lowest BCUT2D eigenvalue weighted by Crippen LogP contribution is -2.58. The molecule has 1 aliphatic rings.